The van der Waals surface area contributed by atoms with Gasteiger partial charge in [0.1, 0.15) is 5.58 Å². The highest BCUT2D eigenvalue weighted by atomic mass is 35.5. The Balaban J connectivity index is 0.00000180. The Morgan fingerprint density at radius 1 is 0.861 bits per heavy atom. The summed E-state index contributed by atoms with van der Waals surface area (Å²) in [7, 11) is 0. The lowest BCUT2D eigenvalue weighted by molar-refractivity contribution is 0.0986. The number of amides is 2. The number of fused-ring (bicyclic) bond motifs is 2. The van der Waals surface area contributed by atoms with E-state index in [1.165, 1.54) is 16.7 Å². The zero-order valence-corrected chi connectivity index (χ0v) is 21.2. The smallest absolute Gasteiger partial charge is 0.407 e. The second-order valence-electron chi connectivity index (χ2n) is 8.67. The van der Waals surface area contributed by atoms with Gasteiger partial charge in [0.2, 0.25) is 0 Å². The first-order valence-electron chi connectivity index (χ1n) is 11.3. The fourth-order valence-electron chi connectivity index (χ4n) is 5.26. The van der Waals surface area contributed by atoms with E-state index in [0.717, 1.165) is 16.3 Å². The number of carbonyl (C=O) groups is 3. The van der Waals surface area contributed by atoms with Crippen molar-refractivity contribution < 1.29 is 29.0 Å². The van der Waals surface area contributed by atoms with Gasteiger partial charge in [-0.3, -0.25) is 14.6 Å². The van der Waals surface area contributed by atoms with Gasteiger partial charge in [0.25, 0.3) is 0 Å². The van der Waals surface area contributed by atoms with E-state index in [4.69, 9.17) is 4.42 Å². The van der Waals surface area contributed by atoms with Gasteiger partial charge in [-0.05, 0) is 22.4 Å². The molecule has 4 N–H and O–H groups in total. The predicted octanol–water partition coefficient (Wildman–Crippen LogP) is 3.88. The zero-order valence-electron chi connectivity index (χ0n) is 19.5. The summed E-state index contributed by atoms with van der Waals surface area (Å²) < 4.78 is 6.09. The van der Waals surface area contributed by atoms with Crippen LogP contribution >= 0.6 is 24.8 Å². The SMILES string of the molecule is CC(=O)c1cc2c(C3CNCCN3C(=O)O)c3ccccc3c(C3CNCCN3C(=O)O)c2o1.Cl.Cl. The molecule has 0 aliphatic carbocycles. The van der Waals surface area contributed by atoms with Crippen molar-refractivity contribution >= 4 is 64.5 Å². The van der Waals surface area contributed by atoms with E-state index < -0.39 is 24.3 Å². The Hall–Kier alpha value is -3.05. The molecule has 0 saturated carbocycles. The van der Waals surface area contributed by atoms with Gasteiger partial charge in [-0.2, -0.15) is 0 Å². The summed E-state index contributed by atoms with van der Waals surface area (Å²) in [5, 5.41) is 28.6. The van der Waals surface area contributed by atoms with E-state index >= 15 is 0 Å². The summed E-state index contributed by atoms with van der Waals surface area (Å²) in [6.07, 6.45) is -2.05. The molecule has 2 atom stereocenters. The van der Waals surface area contributed by atoms with Crippen LogP contribution in [0.2, 0.25) is 0 Å². The number of carboxylic acid groups (broad SMARTS) is 2. The first-order valence-corrected chi connectivity index (χ1v) is 11.3. The van der Waals surface area contributed by atoms with Crippen molar-refractivity contribution in [3.8, 4) is 0 Å². The quantitative estimate of drug-likeness (QED) is 0.369. The highest BCUT2D eigenvalue weighted by Gasteiger charge is 2.36. The molecule has 3 heterocycles. The third kappa shape index (κ3) is 4.57. The predicted molar refractivity (Wildman–Crippen MR) is 139 cm³/mol. The summed E-state index contributed by atoms with van der Waals surface area (Å²) in [5.74, 6) is -0.102. The van der Waals surface area contributed by atoms with Crippen molar-refractivity contribution in [1.29, 1.82) is 0 Å². The monoisotopic (exact) mass is 538 g/mol. The van der Waals surface area contributed by atoms with Crippen molar-refractivity contribution in [2.75, 3.05) is 39.3 Å². The standard InChI is InChI=1S/C24H26N4O6.2ClH/c1-13(29)19-10-16-20(17-11-25-6-8-27(17)23(30)31)14-4-2-3-5-15(14)21(22(16)34-19)18-12-26-7-9-28(18)24(32)33;;/h2-5,10,17-18,25-26H,6-9,11-12H2,1H3,(H,30,31)(H,32,33);2*1H. The van der Waals surface area contributed by atoms with Crippen LogP contribution in [-0.4, -0.2) is 77.3 Å². The fourth-order valence-corrected chi connectivity index (χ4v) is 5.26. The molecule has 2 fully saturated rings. The minimum atomic E-state index is -1.03. The summed E-state index contributed by atoms with van der Waals surface area (Å²) in [6, 6.07) is 8.21. The number of piperazine rings is 2. The van der Waals surface area contributed by atoms with Crippen LogP contribution in [-0.2, 0) is 0 Å². The van der Waals surface area contributed by atoms with E-state index in [0.29, 0.717) is 55.8 Å². The Bertz CT molecular complexity index is 1220. The minimum Gasteiger partial charge on any atom is -0.465 e. The minimum absolute atomic E-state index is 0. The van der Waals surface area contributed by atoms with Crippen LogP contribution in [0.25, 0.3) is 21.7 Å². The maximum absolute atomic E-state index is 12.3. The molecule has 2 aromatic carbocycles. The van der Waals surface area contributed by atoms with Crippen molar-refractivity contribution in [1.82, 2.24) is 20.4 Å². The van der Waals surface area contributed by atoms with Crippen LogP contribution in [0.15, 0.2) is 34.7 Å². The summed E-state index contributed by atoms with van der Waals surface area (Å²) in [6.45, 7) is 3.96. The number of nitrogens with one attached hydrogen (secondary N) is 2. The third-order valence-electron chi connectivity index (χ3n) is 6.77. The van der Waals surface area contributed by atoms with Crippen LogP contribution in [0.5, 0.6) is 0 Å². The number of nitrogens with zero attached hydrogens (tertiary/aromatic N) is 2. The number of benzene rings is 2. The molecule has 12 heteroatoms. The lowest BCUT2D eigenvalue weighted by Gasteiger charge is -2.37. The van der Waals surface area contributed by atoms with E-state index in [9.17, 15) is 24.6 Å². The molecule has 2 aliphatic heterocycles. The van der Waals surface area contributed by atoms with E-state index in [-0.39, 0.29) is 36.4 Å². The fraction of sp³-hybridized carbons (Fsp3) is 0.375. The number of rotatable bonds is 3. The second-order valence-corrected chi connectivity index (χ2v) is 8.67. The average Bonchev–Trinajstić information content (AvgIpc) is 3.27. The highest BCUT2D eigenvalue weighted by Crippen LogP contribution is 2.43. The van der Waals surface area contributed by atoms with Gasteiger partial charge in [-0.15, -0.1) is 24.8 Å². The van der Waals surface area contributed by atoms with Crippen LogP contribution in [0.3, 0.4) is 0 Å². The first-order chi connectivity index (χ1) is 16.4. The lowest BCUT2D eigenvalue weighted by atomic mass is 9.87. The topological polar surface area (TPSA) is 135 Å². The van der Waals surface area contributed by atoms with Crippen molar-refractivity contribution in [3.05, 3.63) is 47.2 Å². The molecule has 0 spiro atoms. The van der Waals surface area contributed by atoms with Gasteiger partial charge in [0.05, 0.1) is 12.1 Å². The molecule has 2 unspecified atom stereocenters. The second kappa shape index (κ2) is 10.9. The van der Waals surface area contributed by atoms with E-state index in [1.807, 2.05) is 24.3 Å². The number of hydrogen-bond acceptors (Lipinski definition) is 6. The Morgan fingerprint density at radius 3 is 1.86 bits per heavy atom. The lowest BCUT2D eigenvalue weighted by Crippen LogP contribution is -2.49. The van der Waals surface area contributed by atoms with Gasteiger partial charge in [0.15, 0.2) is 11.5 Å². The molecule has 2 amide bonds. The molecule has 0 bridgehead atoms. The number of ketones is 1. The molecule has 2 aliphatic rings. The number of furan rings is 1. The van der Waals surface area contributed by atoms with Gasteiger partial charge in [-0.1, -0.05) is 24.3 Å². The maximum atomic E-state index is 12.3. The van der Waals surface area contributed by atoms with Crippen LogP contribution in [0.4, 0.5) is 9.59 Å². The molecular formula is C24H28Cl2N4O6. The zero-order chi connectivity index (χ0) is 24.0. The number of hydrogen-bond donors (Lipinski definition) is 4. The van der Waals surface area contributed by atoms with Gasteiger partial charge in [-0.25, -0.2) is 9.59 Å². The van der Waals surface area contributed by atoms with Gasteiger partial charge >= 0.3 is 12.2 Å². The normalized spacial score (nSPS) is 20.0. The summed E-state index contributed by atoms with van der Waals surface area (Å²) >= 11 is 0. The molecule has 0 radical (unpaired) electrons. The Morgan fingerprint density at radius 2 is 1.36 bits per heavy atom. The van der Waals surface area contributed by atoms with E-state index in [1.54, 1.807) is 6.07 Å². The van der Waals surface area contributed by atoms with Crippen LogP contribution in [0.1, 0.15) is 40.7 Å². The highest BCUT2D eigenvalue weighted by molar-refractivity contribution is 6.07. The molecule has 1 aromatic heterocycles. The number of carbonyl (C=O) groups excluding carboxylic acids is 1. The van der Waals surface area contributed by atoms with Crippen molar-refractivity contribution in [3.63, 3.8) is 0 Å². The summed E-state index contributed by atoms with van der Waals surface area (Å²) in [5.41, 5.74) is 1.86. The van der Waals surface area contributed by atoms with Gasteiger partial charge in [0, 0.05) is 57.1 Å². The third-order valence-corrected chi connectivity index (χ3v) is 6.77. The molecule has 5 rings (SSSR count). The van der Waals surface area contributed by atoms with E-state index in [2.05, 4.69) is 10.6 Å². The van der Waals surface area contributed by atoms with Crippen LogP contribution < -0.4 is 10.6 Å². The van der Waals surface area contributed by atoms with Crippen molar-refractivity contribution in [2.45, 2.75) is 19.0 Å². The average molecular weight is 539 g/mol. The number of halogens is 2. The molecular weight excluding hydrogens is 511 g/mol. The van der Waals surface area contributed by atoms with Gasteiger partial charge < -0.3 is 25.3 Å². The molecule has 194 valence electrons. The molecule has 36 heavy (non-hydrogen) atoms. The van der Waals surface area contributed by atoms with Crippen LogP contribution in [0, 0.1) is 0 Å². The Kier molecular flexibility index (Phi) is 8.35. The number of Topliss-reactive ketones (excluding diaryl/α,β-unsaturated/α-hetero) is 1. The first kappa shape index (κ1) is 27.5. The molecule has 10 nitrogen and oxygen atoms in total. The molecule has 3 aromatic rings. The largest absolute Gasteiger partial charge is 0.465 e. The maximum Gasteiger partial charge on any atom is 0.407 e. The summed E-state index contributed by atoms with van der Waals surface area (Å²) in [4.78, 5) is 39.3. The molecule has 2 saturated heterocycles. The van der Waals surface area contributed by atoms with Crippen molar-refractivity contribution in [2.24, 2.45) is 0 Å². The Labute approximate surface area is 219 Å².